The number of hydrogen-bond donors (Lipinski definition) is 0. The van der Waals surface area contributed by atoms with Gasteiger partial charge in [0.05, 0.1) is 5.69 Å². The summed E-state index contributed by atoms with van der Waals surface area (Å²) in [6.45, 7) is 0.609. The second kappa shape index (κ2) is 5.85. The number of anilines is 1. The molecule has 19 heavy (non-hydrogen) atoms. The lowest BCUT2D eigenvalue weighted by molar-refractivity contribution is 0.623. The lowest BCUT2D eigenvalue weighted by Crippen LogP contribution is -2.18. The van der Waals surface area contributed by atoms with Gasteiger partial charge in [-0.15, -0.1) is 0 Å². The molecule has 2 aromatic carbocycles. The van der Waals surface area contributed by atoms with Crippen LogP contribution in [0.5, 0.6) is 0 Å². The van der Waals surface area contributed by atoms with E-state index in [-0.39, 0.29) is 5.56 Å². The van der Waals surface area contributed by atoms with E-state index in [9.17, 15) is 4.39 Å². The summed E-state index contributed by atoms with van der Waals surface area (Å²) in [5.41, 5.74) is 1.77. The SMILES string of the molecule is CN(Cc1cccc(Br)c1)c1cccc(F)c1C#N. The molecule has 2 aromatic rings. The third-order valence-corrected chi connectivity index (χ3v) is 3.32. The largest absolute Gasteiger partial charge is 0.369 e. The van der Waals surface area contributed by atoms with Crippen molar-refractivity contribution in [3.8, 4) is 6.07 Å². The molecule has 0 radical (unpaired) electrons. The number of hydrogen-bond acceptors (Lipinski definition) is 2. The molecule has 0 amide bonds. The van der Waals surface area contributed by atoms with Crippen LogP contribution in [-0.4, -0.2) is 7.05 Å². The quantitative estimate of drug-likeness (QED) is 0.852. The average Bonchev–Trinajstić information content (AvgIpc) is 2.38. The summed E-state index contributed by atoms with van der Waals surface area (Å²) in [6.07, 6.45) is 0. The fraction of sp³-hybridized carbons (Fsp3) is 0.133. The molecule has 0 atom stereocenters. The van der Waals surface area contributed by atoms with Crippen LogP contribution in [0.1, 0.15) is 11.1 Å². The molecule has 0 bridgehead atoms. The molecule has 96 valence electrons. The Labute approximate surface area is 120 Å². The highest BCUT2D eigenvalue weighted by molar-refractivity contribution is 9.10. The first kappa shape index (κ1) is 13.6. The monoisotopic (exact) mass is 318 g/mol. The van der Waals surface area contributed by atoms with Crippen molar-refractivity contribution in [2.24, 2.45) is 0 Å². The maximum atomic E-state index is 13.6. The van der Waals surface area contributed by atoms with Gasteiger partial charge < -0.3 is 4.90 Å². The first-order valence-corrected chi connectivity index (χ1v) is 6.55. The van der Waals surface area contributed by atoms with Crippen molar-refractivity contribution in [3.63, 3.8) is 0 Å². The standard InChI is InChI=1S/C15H12BrFN2/c1-19(10-11-4-2-5-12(16)8-11)15-7-3-6-14(17)13(15)9-18/h2-8H,10H2,1H3. The molecule has 0 unspecified atom stereocenters. The van der Waals surface area contributed by atoms with Crippen LogP contribution in [0, 0.1) is 17.1 Å². The molecule has 2 rings (SSSR count). The number of halogens is 2. The molecule has 0 aliphatic heterocycles. The Balaban J connectivity index is 2.28. The zero-order valence-corrected chi connectivity index (χ0v) is 12.0. The first-order valence-electron chi connectivity index (χ1n) is 5.76. The average molecular weight is 319 g/mol. The van der Waals surface area contributed by atoms with E-state index in [4.69, 9.17) is 5.26 Å². The van der Waals surface area contributed by atoms with Gasteiger partial charge in [-0.2, -0.15) is 5.26 Å². The van der Waals surface area contributed by atoms with Gasteiger partial charge >= 0.3 is 0 Å². The fourth-order valence-electron chi connectivity index (χ4n) is 1.94. The zero-order chi connectivity index (χ0) is 13.8. The molecule has 0 aromatic heterocycles. The van der Waals surface area contributed by atoms with Crippen molar-refractivity contribution >= 4 is 21.6 Å². The van der Waals surface area contributed by atoms with Crippen molar-refractivity contribution < 1.29 is 4.39 Å². The maximum Gasteiger partial charge on any atom is 0.143 e. The summed E-state index contributed by atoms with van der Waals surface area (Å²) in [4.78, 5) is 1.86. The van der Waals surface area contributed by atoms with Gasteiger partial charge in [0.2, 0.25) is 0 Å². The summed E-state index contributed by atoms with van der Waals surface area (Å²) in [5.74, 6) is -0.485. The highest BCUT2D eigenvalue weighted by Crippen LogP contribution is 2.23. The molecular formula is C15H12BrFN2. The summed E-state index contributed by atoms with van der Waals surface area (Å²) in [5, 5.41) is 9.03. The normalized spacial score (nSPS) is 10.0. The second-order valence-electron chi connectivity index (χ2n) is 4.23. The van der Waals surface area contributed by atoms with Gasteiger partial charge in [-0.25, -0.2) is 4.39 Å². The second-order valence-corrected chi connectivity index (χ2v) is 5.15. The molecule has 2 nitrogen and oxygen atoms in total. The van der Waals surface area contributed by atoms with Gasteiger partial charge in [-0.1, -0.05) is 34.1 Å². The Morgan fingerprint density at radius 3 is 2.68 bits per heavy atom. The van der Waals surface area contributed by atoms with Crippen molar-refractivity contribution in [1.29, 1.82) is 5.26 Å². The molecule has 4 heteroatoms. The third kappa shape index (κ3) is 3.12. The van der Waals surface area contributed by atoms with E-state index in [1.165, 1.54) is 6.07 Å². The number of nitriles is 1. The smallest absolute Gasteiger partial charge is 0.143 e. The van der Waals surface area contributed by atoms with E-state index in [1.54, 1.807) is 12.1 Å². The van der Waals surface area contributed by atoms with E-state index in [0.717, 1.165) is 10.0 Å². The molecule has 0 aliphatic rings. The van der Waals surface area contributed by atoms with Crippen molar-refractivity contribution in [2.45, 2.75) is 6.54 Å². The van der Waals surface area contributed by atoms with Gasteiger partial charge in [0.15, 0.2) is 0 Å². The third-order valence-electron chi connectivity index (χ3n) is 2.82. The van der Waals surface area contributed by atoms with Crippen molar-refractivity contribution in [2.75, 3.05) is 11.9 Å². The molecule has 0 saturated heterocycles. The van der Waals surface area contributed by atoms with E-state index in [0.29, 0.717) is 12.2 Å². The Hall–Kier alpha value is -1.86. The topological polar surface area (TPSA) is 27.0 Å². The molecule has 0 saturated carbocycles. The minimum atomic E-state index is -0.485. The Kier molecular flexibility index (Phi) is 4.18. The molecule has 0 spiro atoms. The van der Waals surface area contributed by atoms with Gasteiger partial charge in [0.25, 0.3) is 0 Å². The lowest BCUT2D eigenvalue weighted by atomic mass is 10.1. The highest BCUT2D eigenvalue weighted by Gasteiger charge is 2.11. The molecule has 0 heterocycles. The summed E-state index contributed by atoms with van der Waals surface area (Å²) < 4.78 is 14.6. The first-order chi connectivity index (χ1) is 9.11. The van der Waals surface area contributed by atoms with Crippen LogP contribution in [0.4, 0.5) is 10.1 Å². The maximum absolute atomic E-state index is 13.6. The van der Waals surface area contributed by atoms with Gasteiger partial charge in [-0.3, -0.25) is 0 Å². The summed E-state index contributed by atoms with van der Waals surface area (Å²) in [7, 11) is 1.84. The van der Waals surface area contributed by atoms with Crippen LogP contribution in [0.15, 0.2) is 46.9 Å². The van der Waals surface area contributed by atoms with Crippen LogP contribution in [-0.2, 0) is 6.54 Å². The van der Waals surface area contributed by atoms with E-state index < -0.39 is 5.82 Å². The van der Waals surface area contributed by atoms with Crippen LogP contribution in [0.3, 0.4) is 0 Å². The predicted octanol–water partition coefficient (Wildman–Crippen LogP) is 4.10. The molecular weight excluding hydrogens is 307 g/mol. The number of rotatable bonds is 3. The molecule has 0 fully saturated rings. The summed E-state index contributed by atoms with van der Waals surface area (Å²) in [6, 6.07) is 14.5. The molecule has 0 aliphatic carbocycles. The minimum absolute atomic E-state index is 0.0833. The highest BCUT2D eigenvalue weighted by atomic mass is 79.9. The lowest BCUT2D eigenvalue weighted by Gasteiger charge is -2.20. The van der Waals surface area contributed by atoms with Crippen LogP contribution >= 0.6 is 15.9 Å². The Bertz CT molecular complexity index is 634. The summed E-state index contributed by atoms with van der Waals surface area (Å²) >= 11 is 3.42. The Morgan fingerprint density at radius 1 is 1.26 bits per heavy atom. The zero-order valence-electron chi connectivity index (χ0n) is 10.4. The predicted molar refractivity (Wildman–Crippen MR) is 77.4 cm³/mol. The van der Waals surface area contributed by atoms with Crippen LogP contribution in [0.25, 0.3) is 0 Å². The minimum Gasteiger partial charge on any atom is -0.369 e. The van der Waals surface area contributed by atoms with Crippen molar-refractivity contribution in [3.05, 3.63) is 63.9 Å². The fourth-order valence-corrected chi connectivity index (χ4v) is 2.38. The number of nitrogens with zero attached hydrogens (tertiary/aromatic N) is 2. The van der Waals surface area contributed by atoms with Crippen LogP contribution in [0.2, 0.25) is 0 Å². The van der Waals surface area contributed by atoms with Gasteiger partial charge in [-0.05, 0) is 29.8 Å². The van der Waals surface area contributed by atoms with E-state index in [1.807, 2.05) is 42.3 Å². The van der Waals surface area contributed by atoms with Gasteiger partial charge in [0, 0.05) is 18.1 Å². The van der Waals surface area contributed by atoms with Crippen LogP contribution < -0.4 is 4.90 Å². The van der Waals surface area contributed by atoms with Crippen molar-refractivity contribution in [1.82, 2.24) is 0 Å². The number of benzene rings is 2. The van der Waals surface area contributed by atoms with E-state index in [2.05, 4.69) is 15.9 Å². The molecule has 0 N–H and O–H groups in total. The van der Waals surface area contributed by atoms with E-state index >= 15 is 0 Å². The Morgan fingerprint density at radius 2 is 2.00 bits per heavy atom. The van der Waals surface area contributed by atoms with Gasteiger partial charge in [0.1, 0.15) is 17.4 Å².